The number of hydrogen-bond acceptors (Lipinski definition) is 3. The molecule has 0 saturated carbocycles. The zero-order valence-electron chi connectivity index (χ0n) is 16.8. The quantitative estimate of drug-likeness (QED) is 0.257. The number of benzene rings is 4. The Labute approximate surface area is 195 Å². The summed E-state index contributed by atoms with van der Waals surface area (Å²) in [6.45, 7) is 0.0248. The normalized spacial score (nSPS) is 11.0. The first kappa shape index (κ1) is 21.9. The Morgan fingerprint density at radius 1 is 0.781 bits per heavy atom. The van der Waals surface area contributed by atoms with Crippen LogP contribution in [0.25, 0.3) is 0 Å². The molecule has 0 heterocycles. The van der Waals surface area contributed by atoms with Crippen LogP contribution in [0.4, 0.5) is 10.1 Å². The largest absolute Gasteiger partial charge is 0.486 e. The lowest BCUT2D eigenvalue weighted by Gasteiger charge is -2.11. The molecule has 32 heavy (non-hydrogen) atoms. The Bertz CT molecular complexity index is 1210. The van der Waals surface area contributed by atoms with Crippen LogP contribution in [-0.4, -0.2) is 6.21 Å². The highest BCUT2D eigenvalue weighted by Gasteiger charge is 2.11. The van der Waals surface area contributed by atoms with Crippen LogP contribution in [0.2, 0.25) is 10.0 Å². The fourth-order valence-corrected chi connectivity index (χ4v) is 3.54. The van der Waals surface area contributed by atoms with Crippen molar-refractivity contribution >= 4 is 35.1 Å². The van der Waals surface area contributed by atoms with E-state index in [9.17, 15) is 4.39 Å². The summed E-state index contributed by atoms with van der Waals surface area (Å²) >= 11 is 12.7. The van der Waals surface area contributed by atoms with Crippen molar-refractivity contribution in [3.8, 4) is 17.2 Å². The third kappa shape index (κ3) is 5.67. The lowest BCUT2D eigenvalue weighted by molar-refractivity contribution is 0.300. The molecule has 0 radical (unpaired) electrons. The van der Waals surface area contributed by atoms with Crippen molar-refractivity contribution in [1.82, 2.24) is 0 Å². The average Bonchev–Trinajstić information content (AvgIpc) is 2.80. The molecule has 0 bridgehead atoms. The van der Waals surface area contributed by atoms with Gasteiger partial charge in [0.2, 0.25) is 0 Å². The fraction of sp³-hybridized carbons (Fsp3) is 0.0385. The maximum absolute atomic E-state index is 13.8. The summed E-state index contributed by atoms with van der Waals surface area (Å²) in [5, 5.41) is 0.642. The van der Waals surface area contributed by atoms with Gasteiger partial charge in [-0.25, -0.2) is 4.39 Å². The van der Waals surface area contributed by atoms with Crippen LogP contribution in [0.15, 0.2) is 96.0 Å². The SMILES string of the molecule is Fc1ccccc1COc1c(Cl)cc(C=Nc2ccc(Oc3ccccc3)cc2)cc1Cl. The van der Waals surface area contributed by atoms with Crippen molar-refractivity contribution in [3.05, 3.63) is 118 Å². The van der Waals surface area contributed by atoms with Crippen LogP contribution in [0.5, 0.6) is 17.2 Å². The molecule has 4 aromatic carbocycles. The molecule has 0 aliphatic heterocycles. The maximum atomic E-state index is 13.8. The number of rotatable bonds is 7. The number of aliphatic imine (C=N–C) groups is 1. The smallest absolute Gasteiger partial charge is 0.157 e. The molecule has 0 aromatic heterocycles. The van der Waals surface area contributed by atoms with Gasteiger partial charge >= 0.3 is 0 Å². The summed E-state index contributed by atoms with van der Waals surface area (Å²) in [6, 6.07) is 26.7. The highest BCUT2D eigenvalue weighted by molar-refractivity contribution is 6.37. The standard InChI is InChI=1S/C26H18Cl2FNO2/c27-23-14-18(15-24(28)26(23)31-17-19-6-4-5-9-25(19)29)16-30-20-10-12-22(13-11-20)32-21-7-2-1-3-8-21/h1-16H,17H2. The summed E-state index contributed by atoms with van der Waals surface area (Å²) < 4.78 is 25.2. The van der Waals surface area contributed by atoms with Gasteiger partial charge in [-0.3, -0.25) is 4.99 Å². The topological polar surface area (TPSA) is 30.8 Å². The molecular formula is C26H18Cl2FNO2. The second-order valence-corrected chi connectivity index (χ2v) is 7.68. The number of nitrogens with zero attached hydrogens (tertiary/aromatic N) is 1. The molecule has 4 aromatic rings. The van der Waals surface area contributed by atoms with Gasteiger partial charge in [-0.05, 0) is 60.2 Å². The van der Waals surface area contributed by atoms with Gasteiger partial charge in [-0.1, -0.05) is 59.6 Å². The van der Waals surface area contributed by atoms with Gasteiger partial charge in [0.1, 0.15) is 23.9 Å². The Morgan fingerprint density at radius 2 is 1.41 bits per heavy atom. The van der Waals surface area contributed by atoms with Gasteiger partial charge in [0.05, 0.1) is 15.7 Å². The Morgan fingerprint density at radius 3 is 2.09 bits per heavy atom. The molecule has 0 aliphatic carbocycles. The van der Waals surface area contributed by atoms with E-state index < -0.39 is 0 Å². The van der Waals surface area contributed by atoms with Crippen LogP contribution in [0.3, 0.4) is 0 Å². The van der Waals surface area contributed by atoms with Gasteiger partial charge in [0.25, 0.3) is 0 Å². The summed E-state index contributed by atoms with van der Waals surface area (Å²) in [7, 11) is 0. The first-order valence-electron chi connectivity index (χ1n) is 9.81. The number of hydrogen-bond donors (Lipinski definition) is 0. The Kier molecular flexibility index (Phi) is 7.05. The molecule has 0 aliphatic rings. The predicted molar refractivity (Wildman–Crippen MR) is 127 cm³/mol. The van der Waals surface area contributed by atoms with E-state index in [1.165, 1.54) is 6.07 Å². The third-order valence-electron chi connectivity index (χ3n) is 4.53. The van der Waals surface area contributed by atoms with E-state index in [1.54, 1.807) is 36.5 Å². The van der Waals surface area contributed by atoms with Crippen molar-refractivity contribution < 1.29 is 13.9 Å². The zero-order valence-corrected chi connectivity index (χ0v) is 18.4. The number of halogens is 3. The first-order valence-corrected chi connectivity index (χ1v) is 10.6. The molecule has 4 rings (SSSR count). The van der Waals surface area contributed by atoms with Crippen LogP contribution >= 0.6 is 23.2 Å². The average molecular weight is 466 g/mol. The van der Waals surface area contributed by atoms with E-state index in [0.29, 0.717) is 26.9 Å². The number of ether oxygens (including phenoxy) is 2. The van der Waals surface area contributed by atoms with Gasteiger partial charge in [0.15, 0.2) is 5.75 Å². The molecule has 6 heteroatoms. The second-order valence-electron chi connectivity index (χ2n) is 6.86. The highest BCUT2D eigenvalue weighted by Crippen LogP contribution is 2.35. The molecule has 0 N–H and O–H groups in total. The van der Waals surface area contributed by atoms with Crippen molar-refractivity contribution in [3.63, 3.8) is 0 Å². The highest BCUT2D eigenvalue weighted by atomic mass is 35.5. The lowest BCUT2D eigenvalue weighted by Crippen LogP contribution is -1.99. The van der Waals surface area contributed by atoms with Gasteiger partial charge in [-0.2, -0.15) is 0 Å². The maximum Gasteiger partial charge on any atom is 0.157 e. The van der Waals surface area contributed by atoms with Gasteiger partial charge < -0.3 is 9.47 Å². The molecule has 0 saturated heterocycles. The van der Waals surface area contributed by atoms with Gasteiger partial charge in [-0.15, -0.1) is 0 Å². The van der Waals surface area contributed by atoms with Crippen molar-refractivity contribution in [2.24, 2.45) is 4.99 Å². The van der Waals surface area contributed by atoms with Gasteiger partial charge in [0, 0.05) is 11.8 Å². The van der Waals surface area contributed by atoms with E-state index in [2.05, 4.69) is 4.99 Å². The predicted octanol–water partition coefficient (Wildman–Crippen LogP) is 8.25. The molecule has 160 valence electrons. The molecule has 0 atom stereocenters. The van der Waals surface area contributed by atoms with Crippen LogP contribution < -0.4 is 9.47 Å². The Hall–Kier alpha value is -3.34. The van der Waals surface area contributed by atoms with Crippen molar-refractivity contribution in [1.29, 1.82) is 0 Å². The summed E-state index contributed by atoms with van der Waals surface area (Å²) in [5.74, 6) is 1.45. The van der Waals surface area contributed by atoms with Crippen molar-refractivity contribution in [2.75, 3.05) is 0 Å². The summed E-state index contributed by atoms with van der Waals surface area (Å²) in [6.07, 6.45) is 1.66. The van der Waals surface area contributed by atoms with Crippen LogP contribution in [0.1, 0.15) is 11.1 Å². The molecule has 3 nitrogen and oxygen atoms in total. The van der Waals surface area contributed by atoms with E-state index in [0.717, 1.165) is 17.2 Å². The molecule has 0 spiro atoms. The van der Waals surface area contributed by atoms with E-state index >= 15 is 0 Å². The monoisotopic (exact) mass is 465 g/mol. The minimum atomic E-state index is -0.344. The summed E-state index contributed by atoms with van der Waals surface area (Å²) in [5.41, 5.74) is 1.88. The van der Waals surface area contributed by atoms with E-state index in [1.807, 2.05) is 54.6 Å². The minimum Gasteiger partial charge on any atom is -0.486 e. The Balaban J connectivity index is 1.42. The van der Waals surface area contributed by atoms with Crippen LogP contribution in [0, 0.1) is 5.82 Å². The minimum absolute atomic E-state index is 0.0248. The molecule has 0 unspecified atom stereocenters. The lowest BCUT2D eigenvalue weighted by atomic mass is 10.2. The molecule has 0 fully saturated rings. The van der Waals surface area contributed by atoms with Crippen LogP contribution in [-0.2, 0) is 6.61 Å². The number of para-hydroxylation sites is 1. The third-order valence-corrected chi connectivity index (χ3v) is 5.09. The molecule has 0 amide bonds. The zero-order chi connectivity index (χ0) is 22.3. The van der Waals surface area contributed by atoms with E-state index in [-0.39, 0.29) is 12.4 Å². The first-order chi connectivity index (χ1) is 15.6. The summed E-state index contributed by atoms with van der Waals surface area (Å²) in [4.78, 5) is 4.45. The van der Waals surface area contributed by atoms with Crippen molar-refractivity contribution in [2.45, 2.75) is 6.61 Å². The molecular weight excluding hydrogens is 448 g/mol. The van der Waals surface area contributed by atoms with E-state index in [4.69, 9.17) is 32.7 Å². The fourth-order valence-electron chi connectivity index (χ4n) is 2.93. The second kappa shape index (κ2) is 10.3.